The van der Waals surface area contributed by atoms with Gasteiger partial charge in [0, 0.05) is 16.8 Å². The van der Waals surface area contributed by atoms with Gasteiger partial charge in [-0.1, -0.05) is 17.7 Å². The zero-order valence-corrected chi connectivity index (χ0v) is 15.4. The fourth-order valence-electron chi connectivity index (χ4n) is 2.34. The van der Waals surface area contributed by atoms with Gasteiger partial charge in [0.2, 0.25) is 5.16 Å². The Balaban J connectivity index is 2.13. The molecule has 0 amide bonds. The summed E-state index contributed by atoms with van der Waals surface area (Å²) in [5.74, 6) is 0.533. The number of hydrogen-bond donors (Lipinski definition) is 2. The van der Waals surface area contributed by atoms with E-state index in [1.165, 1.54) is 0 Å². The molecule has 0 fully saturated rings. The number of nitrogens with zero attached hydrogens (tertiary/aromatic N) is 4. The summed E-state index contributed by atoms with van der Waals surface area (Å²) in [5, 5.41) is 13.0. The first-order valence-electron chi connectivity index (χ1n) is 7.76. The third kappa shape index (κ3) is 3.81. The number of aliphatic hydroxyl groups excluding tert-OH is 1. The van der Waals surface area contributed by atoms with E-state index in [1.807, 2.05) is 30.5 Å². The van der Waals surface area contributed by atoms with Crippen molar-refractivity contribution in [3.63, 3.8) is 0 Å². The molecule has 2 aromatic heterocycles. The number of benzene rings is 1. The maximum Gasteiger partial charge on any atom is 0.222 e. The summed E-state index contributed by atoms with van der Waals surface area (Å²) in [6, 6.07) is 7.35. The van der Waals surface area contributed by atoms with E-state index in [1.54, 1.807) is 18.5 Å². The lowest BCUT2D eigenvalue weighted by Gasteiger charge is -2.11. The van der Waals surface area contributed by atoms with Crippen molar-refractivity contribution in [1.29, 1.82) is 0 Å². The average molecular weight is 380 g/mol. The van der Waals surface area contributed by atoms with Gasteiger partial charge in [-0.15, -0.1) is 0 Å². The molecule has 0 spiro atoms. The van der Waals surface area contributed by atoms with Gasteiger partial charge in [-0.25, -0.2) is 15.0 Å². The minimum Gasteiger partial charge on any atom is -0.395 e. The van der Waals surface area contributed by atoms with Crippen LogP contribution in [0.3, 0.4) is 0 Å². The Bertz CT molecular complexity index is 928. The van der Waals surface area contributed by atoms with Crippen LogP contribution in [0.4, 0.5) is 11.5 Å². The summed E-state index contributed by atoms with van der Waals surface area (Å²) >= 11 is 6.03. The summed E-state index contributed by atoms with van der Waals surface area (Å²) in [4.78, 5) is 13.2. The first-order chi connectivity index (χ1) is 12.0. The predicted octanol–water partition coefficient (Wildman–Crippen LogP) is 2.90. The minimum absolute atomic E-state index is 0.0813. The van der Waals surface area contributed by atoms with E-state index in [2.05, 4.69) is 20.3 Å². The summed E-state index contributed by atoms with van der Waals surface area (Å²) < 4.78 is 14.2. The van der Waals surface area contributed by atoms with Gasteiger partial charge in [0.25, 0.3) is 0 Å². The van der Waals surface area contributed by atoms with Crippen LogP contribution in [-0.2, 0) is 10.8 Å². The van der Waals surface area contributed by atoms with Gasteiger partial charge in [-0.2, -0.15) is 0 Å². The van der Waals surface area contributed by atoms with Crippen LogP contribution >= 0.6 is 11.6 Å². The second kappa shape index (κ2) is 7.47. The van der Waals surface area contributed by atoms with Crippen molar-refractivity contribution in [2.45, 2.75) is 25.0 Å². The number of nitrogens with one attached hydrogen (secondary N) is 1. The lowest BCUT2D eigenvalue weighted by Crippen LogP contribution is -2.10. The highest BCUT2D eigenvalue weighted by Gasteiger charge is 2.18. The quantitative estimate of drug-likeness (QED) is 0.640. The van der Waals surface area contributed by atoms with E-state index in [-0.39, 0.29) is 23.6 Å². The molecule has 9 heteroatoms. The van der Waals surface area contributed by atoms with Crippen LogP contribution in [0.25, 0.3) is 11.2 Å². The second-order valence-electron chi connectivity index (χ2n) is 5.68. The van der Waals surface area contributed by atoms with Crippen LogP contribution in [0.15, 0.2) is 35.7 Å². The van der Waals surface area contributed by atoms with Crippen molar-refractivity contribution in [2.75, 3.05) is 17.7 Å². The molecule has 0 aliphatic carbocycles. The van der Waals surface area contributed by atoms with Gasteiger partial charge in [-0.3, -0.25) is 4.21 Å². The van der Waals surface area contributed by atoms with Crippen LogP contribution in [-0.4, -0.2) is 41.2 Å². The summed E-state index contributed by atoms with van der Waals surface area (Å²) in [7, 11) is -1.50. The minimum atomic E-state index is -1.50. The molecule has 25 heavy (non-hydrogen) atoms. The summed E-state index contributed by atoms with van der Waals surface area (Å²) in [6.45, 7) is 3.82. The van der Waals surface area contributed by atoms with E-state index < -0.39 is 10.8 Å². The van der Waals surface area contributed by atoms with Gasteiger partial charge in [-0.05, 0) is 32.0 Å². The highest BCUT2D eigenvalue weighted by atomic mass is 35.5. The van der Waals surface area contributed by atoms with E-state index >= 15 is 0 Å². The van der Waals surface area contributed by atoms with E-state index in [0.717, 1.165) is 5.69 Å². The number of imidazole rings is 1. The van der Waals surface area contributed by atoms with Crippen LogP contribution < -0.4 is 5.32 Å². The third-order valence-electron chi connectivity index (χ3n) is 3.52. The molecule has 0 saturated heterocycles. The molecular formula is C16H18ClN5O2S. The lowest BCUT2D eigenvalue weighted by molar-refractivity contribution is 0.321. The predicted molar refractivity (Wildman–Crippen MR) is 98.8 cm³/mol. The fraction of sp³-hybridized carbons (Fsp3) is 0.312. The standard InChI is InChI=1S/C16H18ClN5O2S/c1-10(2)22-9-18-13-14(19-12-5-3-4-11(17)8-12)20-16(21-15(13)22)25(24)7-6-23/h3-5,8-10,23H,6-7H2,1-2H3,(H,19,20,21). The van der Waals surface area contributed by atoms with Crippen LogP contribution in [0.1, 0.15) is 19.9 Å². The maximum absolute atomic E-state index is 12.3. The zero-order chi connectivity index (χ0) is 18.0. The molecule has 0 bridgehead atoms. The number of rotatable bonds is 6. The summed E-state index contributed by atoms with van der Waals surface area (Å²) in [5.41, 5.74) is 1.92. The molecule has 0 aliphatic heterocycles. The third-order valence-corrected chi connectivity index (χ3v) is 4.90. The van der Waals surface area contributed by atoms with Gasteiger partial charge in [0.05, 0.1) is 29.5 Å². The lowest BCUT2D eigenvalue weighted by atomic mass is 10.3. The van der Waals surface area contributed by atoms with Crippen LogP contribution in [0.5, 0.6) is 0 Å². The Labute approximate surface area is 152 Å². The van der Waals surface area contributed by atoms with Crippen molar-refractivity contribution >= 4 is 45.1 Å². The van der Waals surface area contributed by atoms with Crippen molar-refractivity contribution < 1.29 is 9.32 Å². The Hall–Kier alpha value is -2.03. The highest BCUT2D eigenvalue weighted by molar-refractivity contribution is 7.84. The Morgan fingerprint density at radius 3 is 2.84 bits per heavy atom. The average Bonchev–Trinajstić information content (AvgIpc) is 2.99. The number of aromatic nitrogens is 4. The highest BCUT2D eigenvalue weighted by Crippen LogP contribution is 2.26. The number of anilines is 2. The molecule has 0 radical (unpaired) electrons. The second-order valence-corrected chi connectivity index (χ2v) is 7.58. The fourth-order valence-corrected chi connectivity index (χ4v) is 3.26. The Morgan fingerprint density at radius 2 is 2.16 bits per heavy atom. The molecule has 0 aliphatic rings. The molecule has 3 rings (SSSR count). The monoisotopic (exact) mass is 379 g/mol. The zero-order valence-electron chi connectivity index (χ0n) is 13.8. The van der Waals surface area contributed by atoms with Crippen LogP contribution in [0.2, 0.25) is 5.02 Å². The van der Waals surface area contributed by atoms with E-state index in [0.29, 0.717) is 22.0 Å². The van der Waals surface area contributed by atoms with E-state index in [9.17, 15) is 4.21 Å². The van der Waals surface area contributed by atoms with Gasteiger partial charge < -0.3 is 15.0 Å². The molecule has 7 nitrogen and oxygen atoms in total. The SMILES string of the molecule is CC(C)n1cnc2c(Nc3cccc(Cl)c3)nc(S(=O)CCO)nc21. The summed E-state index contributed by atoms with van der Waals surface area (Å²) in [6.07, 6.45) is 1.69. The molecule has 1 atom stereocenters. The largest absolute Gasteiger partial charge is 0.395 e. The maximum atomic E-state index is 12.3. The molecule has 2 N–H and O–H groups in total. The molecule has 2 heterocycles. The van der Waals surface area contributed by atoms with Gasteiger partial charge >= 0.3 is 0 Å². The van der Waals surface area contributed by atoms with Gasteiger partial charge in [0.15, 0.2) is 17.0 Å². The van der Waals surface area contributed by atoms with Crippen molar-refractivity contribution in [2.24, 2.45) is 0 Å². The smallest absolute Gasteiger partial charge is 0.222 e. The van der Waals surface area contributed by atoms with Crippen LogP contribution in [0, 0.1) is 0 Å². The first-order valence-corrected chi connectivity index (χ1v) is 9.45. The molecule has 132 valence electrons. The molecule has 1 unspecified atom stereocenters. The van der Waals surface area contributed by atoms with Gasteiger partial charge in [0.1, 0.15) is 0 Å². The Kier molecular flexibility index (Phi) is 5.31. The normalized spacial score (nSPS) is 12.7. The molecular weight excluding hydrogens is 362 g/mol. The topological polar surface area (TPSA) is 92.9 Å². The van der Waals surface area contributed by atoms with Crippen molar-refractivity contribution in [3.05, 3.63) is 35.6 Å². The number of aliphatic hydroxyl groups is 1. The van der Waals surface area contributed by atoms with Crippen molar-refractivity contribution in [1.82, 2.24) is 19.5 Å². The molecule has 3 aromatic rings. The number of hydrogen-bond acceptors (Lipinski definition) is 6. The molecule has 1 aromatic carbocycles. The first kappa shape index (κ1) is 17.8. The molecule has 0 saturated carbocycles. The number of fused-ring (bicyclic) bond motifs is 1. The Morgan fingerprint density at radius 1 is 1.36 bits per heavy atom. The van der Waals surface area contributed by atoms with E-state index in [4.69, 9.17) is 16.7 Å². The van der Waals surface area contributed by atoms with Crippen molar-refractivity contribution in [3.8, 4) is 0 Å². The number of halogens is 1.